The van der Waals surface area contributed by atoms with Crippen molar-refractivity contribution >= 4 is 5.78 Å². The maximum Gasteiger partial charge on any atom is 0.140 e. The summed E-state index contributed by atoms with van der Waals surface area (Å²) >= 11 is 0. The average molecular weight is 303 g/mol. The van der Waals surface area contributed by atoms with Crippen molar-refractivity contribution in [2.75, 3.05) is 0 Å². The maximum atomic E-state index is 11.9. The molecule has 1 fully saturated rings. The minimum Gasteiger partial charge on any atom is -0.490 e. The van der Waals surface area contributed by atoms with Crippen LogP contribution in [0.5, 0.6) is 5.75 Å². The van der Waals surface area contributed by atoms with Crippen LogP contribution in [0, 0.1) is 5.92 Å². The summed E-state index contributed by atoms with van der Waals surface area (Å²) in [5.74, 6) is 1.38. The number of carbonyl (C=O) groups is 1. The first-order valence-corrected chi connectivity index (χ1v) is 8.52. The second-order valence-corrected chi connectivity index (χ2v) is 6.83. The second kappa shape index (κ2) is 7.77. The molecule has 0 bridgehead atoms. The van der Waals surface area contributed by atoms with E-state index in [2.05, 4.69) is 26.1 Å². The SMILES string of the molecule is CCC(C)C(=O)Cc1ccc(O[C@H]2C[C@@H](NC(C)C)C2)cc1. The van der Waals surface area contributed by atoms with Gasteiger partial charge in [-0.15, -0.1) is 0 Å². The molecule has 1 aromatic carbocycles. The molecular formula is C19H29NO2. The van der Waals surface area contributed by atoms with Gasteiger partial charge < -0.3 is 10.1 Å². The van der Waals surface area contributed by atoms with Gasteiger partial charge in [-0.1, -0.05) is 39.8 Å². The minimum absolute atomic E-state index is 0.149. The van der Waals surface area contributed by atoms with Crippen LogP contribution in [0.15, 0.2) is 24.3 Å². The molecule has 1 aliphatic rings. The van der Waals surface area contributed by atoms with Gasteiger partial charge in [-0.3, -0.25) is 4.79 Å². The Balaban J connectivity index is 1.77. The van der Waals surface area contributed by atoms with E-state index in [1.807, 2.05) is 31.2 Å². The van der Waals surface area contributed by atoms with Gasteiger partial charge in [0.25, 0.3) is 0 Å². The molecule has 0 saturated heterocycles. The standard InChI is InChI=1S/C19H29NO2/c1-5-14(4)19(21)10-15-6-8-17(9-7-15)22-18-11-16(12-18)20-13(2)3/h6-9,13-14,16,18,20H,5,10-12H2,1-4H3/t14?,16-,18+. The predicted molar refractivity (Wildman–Crippen MR) is 90.3 cm³/mol. The van der Waals surface area contributed by atoms with E-state index in [1.165, 1.54) is 0 Å². The Labute approximate surface area is 134 Å². The van der Waals surface area contributed by atoms with Crippen molar-refractivity contribution in [3.63, 3.8) is 0 Å². The topological polar surface area (TPSA) is 38.3 Å². The lowest BCUT2D eigenvalue weighted by atomic mass is 9.88. The second-order valence-electron chi connectivity index (χ2n) is 6.83. The number of rotatable bonds is 8. The van der Waals surface area contributed by atoms with Crippen LogP contribution in [0.1, 0.15) is 52.5 Å². The van der Waals surface area contributed by atoms with Gasteiger partial charge in [0.15, 0.2) is 0 Å². The highest BCUT2D eigenvalue weighted by Gasteiger charge is 2.30. The number of hydrogen-bond acceptors (Lipinski definition) is 3. The highest BCUT2D eigenvalue weighted by atomic mass is 16.5. The fraction of sp³-hybridized carbons (Fsp3) is 0.632. The van der Waals surface area contributed by atoms with Crippen LogP contribution >= 0.6 is 0 Å². The van der Waals surface area contributed by atoms with Gasteiger partial charge in [0.1, 0.15) is 17.6 Å². The Morgan fingerprint density at radius 2 is 1.86 bits per heavy atom. The van der Waals surface area contributed by atoms with Crippen LogP contribution in [-0.2, 0) is 11.2 Å². The Morgan fingerprint density at radius 1 is 1.23 bits per heavy atom. The third-order valence-corrected chi connectivity index (χ3v) is 4.43. The predicted octanol–water partition coefficient (Wildman–Crippen LogP) is 3.75. The molecule has 0 radical (unpaired) electrons. The van der Waals surface area contributed by atoms with E-state index in [0.717, 1.165) is 30.6 Å². The number of nitrogens with one attached hydrogen (secondary N) is 1. The van der Waals surface area contributed by atoms with E-state index in [1.54, 1.807) is 0 Å². The summed E-state index contributed by atoms with van der Waals surface area (Å²) in [7, 11) is 0. The molecule has 1 N–H and O–H groups in total. The molecule has 1 saturated carbocycles. The number of ketones is 1. The molecule has 3 heteroatoms. The molecule has 0 heterocycles. The first-order valence-electron chi connectivity index (χ1n) is 8.52. The molecule has 1 aliphatic carbocycles. The Hall–Kier alpha value is -1.35. The van der Waals surface area contributed by atoms with Gasteiger partial charge in [0.2, 0.25) is 0 Å². The van der Waals surface area contributed by atoms with E-state index in [-0.39, 0.29) is 5.92 Å². The summed E-state index contributed by atoms with van der Waals surface area (Å²) in [6.07, 6.45) is 3.91. The summed E-state index contributed by atoms with van der Waals surface area (Å²) < 4.78 is 5.97. The smallest absolute Gasteiger partial charge is 0.140 e. The minimum atomic E-state index is 0.149. The van der Waals surface area contributed by atoms with Crippen molar-refractivity contribution < 1.29 is 9.53 Å². The van der Waals surface area contributed by atoms with Gasteiger partial charge >= 0.3 is 0 Å². The molecular weight excluding hydrogens is 274 g/mol. The highest BCUT2D eigenvalue weighted by Crippen LogP contribution is 2.26. The van der Waals surface area contributed by atoms with Gasteiger partial charge in [0, 0.05) is 24.4 Å². The van der Waals surface area contributed by atoms with Crippen molar-refractivity contribution in [3.05, 3.63) is 29.8 Å². The monoisotopic (exact) mass is 303 g/mol. The lowest BCUT2D eigenvalue weighted by molar-refractivity contribution is -0.121. The summed E-state index contributed by atoms with van der Waals surface area (Å²) in [5.41, 5.74) is 1.07. The molecule has 0 aromatic heterocycles. The summed E-state index contributed by atoms with van der Waals surface area (Å²) in [5, 5.41) is 3.52. The first kappa shape index (κ1) is 17.0. The zero-order chi connectivity index (χ0) is 16.1. The van der Waals surface area contributed by atoms with Gasteiger partial charge in [0.05, 0.1) is 0 Å². The Kier molecular flexibility index (Phi) is 6.01. The molecule has 3 nitrogen and oxygen atoms in total. The third-order valence-electron chi connectivity index (χ3n) is 4.43. The van der Waals surface area contributed by atoms with E-state index in [0.29, 0.717) is 30.4 Å². The first-order chi connectivity index (χ1) is 10.5. The molecule has 1 atom stereocenters. The van der Waals surface area contributed by atoms with E-state index in [4.69, 9.17) is 4.74 Å². The summed E-state index contributed by atoms with van der Waals surface area (Å²) in [4.78, 5) is 11.9. The maximum absolute atomic E-state index is 11.9. The number of benzene rings is 1. The normalized spacial score (nSPS) is 22.2. The van der Waals surface area contributed by atoms with Gasteiger partial charge in [-0.05, 0) is 37.0 Å². The molecule has 1 aromatic rings. The van der Waals surface area contributed by atoms with Gasteiger partial charge in [-0.2, -0.15) is 0 Å². The van der Waals surface area contributed by atoms with Crippen LogP contribution in [0.25, 0.3) is 0 Å². The van der Waals surface area contributed by atoms with Crippen molar-refractivity contribution in [2.24, 2.45) is 5.92 Å². The third kappa shape index (κ3) is 4.84. The lowest BCUT2D eigenvalue weighted by Gasteiger charge is -2.37. The van der Waals surface area contributed by atoms with Crippen LogP contribution in [0.4, 0.5) is 0 Å². The van der Waals surface area contributed by atoms with Crippen LogP contribution in [-0.4, -0.2) is 24.0 Å². The fourth-order valence-electron chi connectivity index (χ4n) is 2.75. The van der Waals surface area contributed by atoms with E-state index < -0.39 is 0 Å². The van der Waals surface area contributed by atoms with Crippen molar-refractivity contribution in [2.45, 2.75) is 71.6 Å². The van der Waals surface area contributed by atoms with Crippen LogP contribution in [0.3, 0.4) is 0 Å². The average Bonchev–Trinajstić information content (AvgIpc) is 2.45. The van der Waals surface area contributed by atoms with Crippen molar-refractivity contribution in [1.82, 2.24) is 5.32 Å². The summed E-state index contributed by atoms with van der Waals surface area (Å²) in [6.45, 7) is 8.40. The molecule has 0 spiro atoms. The fourth-order valence-corrected chi connectivity index (χ4v) is 2.75. The van der Waals surface area contributed by atoms with Crippen LogP contribution in [0.2, 0.25) is 0 Å². The van der Waals surface area contributed by atoms with Crippen molar-refractivity contribution in [1.29, 1.82) is 0 Å². The van der Waals surface area contributed by atoms with Crippen LogP contribution < -0.4 is 10.1 Å². The number of ether oxygens (including phenoxy) is 1. The van der Waals surface area contributed by atoms with Crippen molar-refractivity contribution in [3.8, 4) is 5.75 Å². The van der Waals surface area contributed by atoms with E-state index >= 15 is 0 Å². The molecule has 0 aliphatic heterocycles. The largest absolute Gasteiger partial charge is 0.490 e. The zero-order valence-electron chi connectivity index (χ0n) is 14.3. The number of Topliss-reactive ketones (excluding diaryl/α,β-unsaturated/α-hetero) is 1. The summed E-state index contributed by atoms with van der Waals surface area (Å²) in [6, 6.07) is 9.13. The Morgan fingerprint density at radius 3 is 2.41 bits per heavy atom. The zero-order valence-corrected chi connectivity index (χ0v) is 14.3. The quantitative estimate of drug-likeness (QED) is 0.795. The molecule has 0 amide bonds. The molecule has 2 rings (SSSR count). The molecule has 1 unspecified atom stereocenters. The number of carbonyl (C=O) groups excluding carboxylic acids is 1. The molecule has 22 heavy (non-hydrogen) atoms. The highest BCUT2D eigenvalue weighted by molar-refractivity contribution is 5.82. The number of hydrogen-bond donors (Lipinski definition) is 1. The molecule has 122 valence electrons. The lowest BCUT2D eigenvalue weighted by Crippen LogP contribution is -2.49. The van der Waals surface area contributed by atoms with E-state index in [9.17, 15) is 4.79 Å². The Bertz CT molecular complexity index is 475. The van der Waals surface area contributed by atoms with Gasteiger partial charge in [-0.25, -0.2) is 0 Å².